The Kier molecular flexibility index (Phi) is 70.9. The van der Waals surface area contributed by atoms with Crippen LogP contribution in [0.3, 0.4) is 0 Å². The minimum atomic E-state index is -1.97. The molecule has 19 nitrogen and oxygen atoms in total. The molecule has 0 bridgehead atoms. The van der Waals surface area contributed by atoms with Gasteiger partial charge in [0.25, 0.3) is 0 Å². The Morgan fingerprint density at radius 3 is 0.763 bits per heavy atom. The molecule has 114 heavy (non-hydrogen) atoms. The predicted octanol–water partition coefficient (Wildman–Crippen LogP) is 20.0. The molecule has 17 atom stereocenters. The summed E-state index contributed by atoms with van der Waals surface area (Å²) in [5.41, 5.74) is 0. The van der Waals surface area contributed by atoms with Gasteiger partial charge in [-0.3, -0.25) is 4.79 Å². The van der Waals surface area contributed by atoms with Crippen LogP contribution in [0, 0.1) is 0 Å². The topological polar surface area (TPSA) is 307 Å². The van der Waals surface area contributed by atoms with Crippen molar-refractivity contribution < 1.29 is 89.4 Å². The SMILES string of the molecule is CCCCCCCCCCCCCCCCCCCCCCCCCCCCCCCCCCCCCCCCCCCC(=O)NC(COC1OC(CO)C(OC2OC(CO)C(OC3OC(CO)C(O)C(O)C3O)C(O)C2O)C(O)C1O)C(O)CCCCCCCCCCCCCCCCCCCCCCCCCCCCCC. The van der Waals surface area contributed by atoms with Crippen molar-refractivity contribution in [3.8, 4) is 0 Å². The van der Waals surface area contributed by atoms with E-state index < -0.39 is 124 Å². The van der Waals surface area contributed by atoms with E-state index in [0.717, 1.165) is 44.9 Å². The number of aliphatic hydroxyl groups is 11. The van der Waals surface area contributed by atoms with Crippen LogP contribution in [0.2, 0.25) is 0 Å². The lowest BCUT2D eigenvalue weighted by molar-refractivity contribution is -0.379. The van der Waals surface area contributed by atoms with Gasteiger partial charge in [-0.05, 0) is 12.8 Å². The average Bonchev–Trinajstić information content (AvgIpc) is 0.782. The summed E-state index contributed by atoms with van der Waals surface area (Å²) in [6.45, 7) is 1.90. The molecule has 0 spiro atoms. The van der Waals surface area contributed by atoms with Crippen molar-refractivity contribution in [2.75, 3.05) is 26.4 Å². The number of hydrogen-bond donors (Lipinski definition) is 12. The summed E-state index contributed by atoms with van der Waals surface area (Å²) in [7, 11) is 0. The van der Waals surface area contributed by atoms with Crippen LogP contribution in [0.4, 0.5) is 0 Å². The van der Waals surface area contributed by atoms with Crippen molar-refractivity contribution in [1.29, 1.82) is 0 Å². The molecule has 3 saturated heterocycles. The first-order chi connectivity index (χ1) is 55.8. The van der Waals surface area contributed by atoms with E-state index in [4.69, 9.17) is 28.4 Å². The zero-order valence-corrected chi connectivity index (χ0v) is 73.6. The van der Waals surface area contributed by atoms with Gasteiger partial charge in [0.1, 0.15) is 73.2 Å². The molecule has 1 amide bonds. The van der Waals surface area contributed by atoms with Crippen molar-refractivity contribution in [2.24, 2.45) is 0 Å². The maximum Gasteiger partial charge on any atom is 0.220 e. The van der Waals surface area contributed by atoms with E-state index in [-0.39, 0.29) is 18.9 Å². The lowest BCUT2D eigenvalue weighted by Crippen LogP contribution is -2.66. The number of unbranched alkanes of at least 4 members (excludes halogenated alkanes) is 67. The van der Waals surface area contributed by atoms with Gasteiger partial charge >= 0.3 is 0 Å². The van der Waals surface area contributed by atoms with Crippen molar-refractivity contribution >= 4 is 5.91 Å². The van der Waals surface area contributed by atoms with Gasteiger partial charge in [-0.2, -0.15) is 0 Å². The van der Waals surface area contributed by atoms with Gasteiger partial charge in [-0.25, -0.2) is 0 Å². The molecule has 3 aliphatic heterocycles. The van der Waals surface area contributed by atoms with Crippen LogP contribution < -0.4 is 5.32 Å². The predicted molar refractivity (Wildman–Crippen MR) is 462 cm³/mol. The molecule has 3 heterocycles. The average molecular weight is 1630 g/mol. The fourth-order valence-corrected chi connectivity index (χ4v) is 17.4. The monoisotopic (exact) mass is 1630 g/mol. The maximum atomic E-state index is 13.6. The third-order valence-electron chi connectivity index (χ3n) is 25.2. The van der Waals surface area contributed by atoms with Crippen LogP contribution in [-0.4, -0.2) is 193 Å². The van der Waals surface area contributed by atoms with Crippen molar-refractivity contribution in [3.63, 3.8) is 0 Å². The highest BCUT2D eigenvalue weighted by Gasteiger charge is 2.54. The fraction of sp³-hybridized carbons (Fsp3) is 0.989. The summed E-state index contributed by atoms with van der Waals surface area (Å²) in [4.78, 5) is 13.6. The first-order valence-electron chi connectivity index (χ1n) is 49.3. The summed E-state index contributed by atoms with van der Waals surface area (Å²) in [5.74, 6) is -0.230. The highest BCUT2D eigenvalue weighted by Crippen LogP contribution is 2.34. The van der Waals surface area contributed by atoms with Gasteiger partial charge in [0, 0.05) is 6.42 Å². The van der Waals surface area contributed by atoms with Gasteiger partial charge in [0.15, 0.2) is 18.9 Å². The third-order valence-corrected chi connectivity index (χ3v) is 25.2. The van der Waals surface area contributed by atoms with Crippen molar-refractivity contribution in [2.45, 2.75) is 574 Å². The molecule has 0 saturated carbocycles. The van der Waals surface area contributed by atoms with E-state index in [1.165, 1.54) is 392 Å². The second kappa shape index (κ2) is 75.5. The Hall–Kier alpha value is -1.21. The Bertz CT molecular complexity index is 2050. The van der Waals surface area contributed by atoms with Crippen molar-refractivity contribution in [1.82, 2.24) is 5.32 Å². The van der Waals surface area contributed by atoms with Crippen LogP contribution >= 0.6 is 0 Å². The van der Waals surface area contributed by atoms with Crippen LogP contribution in [0.1, 0.15) is 470 Å². The zero-order chi connectivity index (χ0) is 82.4. The molecule has 678 valence electrons. The second-order valence-electron chi connectivity index (χ2n) is 35.6. The normalized spacial score (nSPS) is 24.6. The molecule has 3 fully saturated rings. The van der Waals surface area contributed by atoms with Crippen molar-refractivity contribution in [3.05, 3.63) is 0 Å². The highest BCUT2D eigenvalue weighted by molar-refractivity contribution is 5.76. The molecule has 19 heteroatoms. The van der Waals surface area contributed by atoms with Gasteiger partial charge in [-0.1, -0.05) is 450 Å². The molecule has 0 aromatic carbocycles. The molecule has 0 aromatic rings. The van der Waals surface area contributed by atoms with E-state index in [1.807, 2.05) is 0 Å². The lowest BCUT2D eigenvalue weighted by atomic mass is 9.96. The standard InChI is InChI=1S/C95H185NO18/c1-3-5-7-9-11-13-15-17-19-21-23-25-27-29-31-33-34-35-36-37-38-39-40-41-42-43-44-45-47-49-51-53-55-57-59-61-63-65-67-69-71-73-83(101)96-78(79(100)72-70-68-66-64-62-60-58-56-54-52-50-48-46-32-30-28-26-24-22-20-18-16-14-12-10-8-6-4-2)77-109-93-89(107)86(104)91(81(75-98)111-93)114-95-90(108)87(105)92(82(76-99)112-95)113-94-88(106)85(103)84(102)80(74-97)110-94/h78-82,84-95,97-100,102-108H,3-77H2,1-2H3,(H,96,101). The Labute approximate surface area is 697 Å². The van der Waals surface area contributed by atoms with Gasteiger partial charge in [0.2, 0.25) is 5.91 Å². The Morgan fingerprint density at radius 2 is 0.500 bits per heavy atom. The number of rotatable bonds is 83. The number of nitrogens with one attached hydrogen (secondary N) is 1. The number of carbonyl (C=O) groups excluding carboxylic acids is 1. The van der Waals surface area contributed by atoms with Crippen LogP contribution in [0.5, 0.6) is 0 Å². The minimum absolute atomic E-state index is 0.230. The number of ether oxygens (including phenoxy) is 6. The fourth-order valence-electron chi connectivity index (χ4n) is 17.4. The Balaban J connectivity index is 1.27. The number of aliphatic hydroxyl groups excluding tert-OH is 11. The second-order valence-corrected chi connectivity index (χ2v) is 35.6. The Morgan fingerprint density at radius 1 is 0.281 bits per heavy atom. The molecule has 0 aromatic heterocycles. The number of amides is 1. The first-order valence-corrected chi connectivity index (χ1v) is 49.3. The molecular formula is C95H185NO18. The quantitative estimate of drug-likeness (QED) is 0.0252. The zero-order valence-electron chi connectivity index (χ0n) is 73.6. The summed E-state index contributed by atoms with van der Waals surface area (Å²) < 4.78 is 34.6. The number of hydrogen-bond acceptors (Lipinski definition) is 18. The molecular weight excluding hydrogens is 1440 g/mol. The molecule has 17 unspecified atom stereocenters. The largest absolute Gasteiger partial charge is 0.394 e. The smallest absolute Gasteiger partial charge is 0.220 e. The molecule has 0 aliphatic carbocycles. The van der Waals surface area contributed by atoms with E-state index in [0.29, 0.717) is 12.8 Å². The molecule has 3 aliphatic rings. The van der Waals surface area contributed by atoms with Crippen LogP contribution in [0.25, 0.3) is 0 Å². The third kappa shape index (κ3) is 53.0. The first kappa shape index (κ1) is 107. The van der Waals surface area contributed by atoms with E-state index in [2.05, 4.69) is 19.2 Å². The molecule has 0 radical (unpaired) electrons. The van der Waals surface area contributed by atoms with E-state index in [9.17, 15) is 61.0 Å². The summed E-state index contributed by atoms with van der Waals surface area (Å²) in [5, 5.41) is 122. The molecule has 3 rings (SSSR count). The van der Waals surface area contributed by atoms with Crippen LogP contribution in [-0.2, 0) is 33.2 Å². The maximum absolute atomic E-state index is 13.6. The highest BCUT2D eigenvalue weighted by atomic mass is 16.8. The van der Waals surface area contributed by atoms with Gasteiger partial charge < -0.3 is 89.9 Å². The van der Waals surface area contributed by atoms with E-state index >= 15 is 0 Å². The summed E-state index contributed by atoms with van der Waals surface area (Å²) in [6, 6.07) is -0.885. The molecule has 12 N–H and O–H groups in total. The summed E-state index contributed by atoms with van der Waals surface area (Å²) >= 11 is 0. The summed E-state index contributed by atoms with van der Waals surface area (Å²) in [6.07, 6.45) is 66.8. The number of carbonyl (C=O) groups is 1. The minimum Gasteiger partial charge on any atom is -0.394 e. The van der Waals surface area contributed by atoms with Gasteiger partial charge in [-0.15, -0.1) is 0 Å². The lowest BCUT2D eigenvalue weighted by Gasteiger charge is -2.48. The van der Waals surface area contributed by atoms with Crippen LogP contribution in [0.15, 0.2) is 0 Å². The van der Waals surface area contributed by atoms with Gasteiger partial charge in [0.05, 0.1) is 38.6 Å². The van der Waals surface area contributed by atoms with E-state index in [1.54, 1.807) is 0 Å².